The zero-order valence-corrected chi connectivity index (χ0v) is 14.7. The summed E-state index contributed by atoms with van der Waals surface area (Å²) in [7, 11) is 1.65. The van der Waals surface area contributed by atoms with Crippen molar-refractivity contribution in [2.75, 3.05) is 26.7 Å². The van der Waals surface area contributed by atoms with Crippen LogP contribution in [0.15, 0.2) is 24.3 Å². The molecule has 0 spiro atoms. The van der Waals surface area contributed by atoms with Gasteiger partial charge in [-0.2, -0.15) is 0 Å². The maximum atomic E-state index is 12.3. The van der Waals surface area contributed by atoms with Gasteiger partial charge in [-0.25, -0.2) is 0 Å². The van der Waals surface area contributed by atoms with Crippen molar-refractivity contribution in [3.05, 3.63) is 29.8 Å². The molecule has 5 heteroatoms. The van der Waals surface area contributed by atoms with Crippen molar-refractivity contribution in [2.24, 2.45) is 5.92 Å². The first kappa shape index (κ1) is 18.3. The van der Waals surface area contributed by atoms with E-state index in [2.05, 4.69) is 5.32 Å². The van der Waals surface area contributed by atoms with Crippen LogP contribution < -0.4 is 10.1 Å². The summed E-state index contributed by atoms with van der Waals surface area (Å²) in [5.41, 5.74) is 1.18. The van der Waals surface area contributed by atoms with Gasteiger partial charge in [0.15, 0.2) is 0 Å². The van der Waals surface area contributed by atoms with Crippen LogP contribution in [-0.4, -0.2) is 43.5 Å². The van der Waals surface area contributed by atoms with Gasteiger partial charge in [-0.15, -0.1) is 0 Å². The molecule has 0 aliphatic carbocycles. The molecule has 1 aromatic carbocycles. The minimum Gasteiger partial charge on any atom is -0.497 e. The molecule has 0 saturated carbocycles. The number of nitrogens with one attached hydrogen (secondary N) is 1. The Morgan fingerprint density at radius 3 is 2.46 bits per heavy atom. The predicted molar refractivity (Wildman–Crippen MR) is 93.9 cm³/mol. The molecule has 0 aromatic heterocycles. The fourth-order valence-electron chi connectivity index (χ4n) is 3.03. The highest BCUT2D eigenvalue weighted by atomic mass is 16.5. The molecule has 1 N–H and O–H groups in total. The van der Waals surface area contributed by atoms with Crippen molar-refractivity contribution in [3.8, 4) is 5.75 Å². The molecule has 2 amide bonds. The Balaban J connectivity index is 1.68. The Morgan fingerprint density at radius 2 is 1.88 bits per heavy atom. The third-order valence-corrected chi connectivity index (χ3v) is 4.55. The van der Waals surface area contributed by atoms with Crippen molar-refractivity contribution in [1.29, 1.82) is 0 Å². The average molecular weight is 332 g/mol. The van der Waals surface area contributed by atoms with E-state index in [0.717, 1.165) is 31.4 Å². The number of piperidine rings is 1. The van der Waals surface area contributed by atoms with Crippen LogP contribution in [-0.2, 0) is 16.0 Å². The Kier molecular flexibility index (Phi) is 7.09. The summed E-state index contributed by atoms with van der Waals surface area (Å²) < 4.78 is 5.13. The van der Waals surface area contributed by atoms with Crippen molar-refractivity contribution >= 4 is 11.8 Å². The van der Waals surface area contributed by atoms with Gasteiger partial charge in [-0.3, -0.25) is 9.59 Å². The molecule has 0 atom stereocenters. The van der Waals surface area contributed by atoms with Gasteiger partial charge in [0.2, 0.25) is 11.8 Å². The number of amides is 2. The van der Waals surface area contributed by atoms with Crippen LogP contribution >= 0.6 is 0 Å². The SMILES string of the molecule is CCCC(=O)N1CCC(C(=O)NCCc2ccc(OC)cc2)CC1. The van der Waals surface area contributed by atoms with Crippen molar-refractivity contribution in [2.45, 2.75) is 39.0 Å². The average Bonchev–Trinajstić information content (AvgIpc) is 2.62. The monoisotopic (exact) mass is 332 g/mol. The Morgan fingerprint density at radius 1 is 1.21 bits per heavy atom. The number of nitrogens with zero attached hydrogens (tertiary/aromatic N) is 1. The first-order valence-corrected chi connectivity index (χ1v) is 8.82. The first-order valence-electron chi connectivity index (χ1n) is 8.82. The molecule has 5 nitrogen and oxygen atoms in total. The minimum absolute atomic E-state index is 0.0338. The second-order valence-corrected chi connectivity index (χ2v) is 6.29. The summed E-state index contributed by atoms with van der Waals surface area (Å²) in [5, 5.41) is 3.03. The smallest absolute Gasteiger partial charge is 0.223 e. The molecule has 1 aliphatic rings. The zero-order chi connectivity index (χ0) is 17.4. The Hall–Kier alpha value is -2.04. The molecule has 1 aliphatic heterocycles. The second-order valence-electron chi connectivity index (χ2n) is 6.29. The maximum absolute atomic E-state index is 12.3. The molecule has 1 saturated heterocycles. The van der Waals surface area contributed by atoms with E-state index in [1.807, 2.05) is 36.1 Å². The summed E-state index contributed by atoms with van der Waals surface area (Å²) in [6, 6.07) is 7.89. The number of hydrogen-bond acceptors (Lipinski definition) is 3. The number of carbonyl (C=O) groups excluding carboxylic acids is 2. The third-order valence-electron chi connectivity index (χ3n) is 4.55. The molecule has 1 fully saturated rings. The second kappa shape index (κ2) is 9.30. The van der Waals surface area contributed by atoms with Crippen molar-refractivity contribution in [3.63, 3.8) is 0 Å². The van der Waals surface area contributed by atoms with E-state index in [4.69, 9.17) is 4.74 Å². The molecule has 0 radical (unpaired) electrons. The Bertz CT molecular complexity index is 534. The lowest BCUT2D eigenvalue weighted by molar-refractivity contribution is -0.135. The van der Waals surface area contributed by atoms with Gasteiger partial charge in [0, 0.05) is 32.0 Å². The van der Waals surface area contributed by atoms with Gasteiger partial charge in [-0.05, 0) is 43.4 Å². The van der Waals surface area contributed by atoms with Crippen LogP contribution in [0, 0.1) is 5.92 Å². The standard InChI is InChI=1S/C19H28N2O3/c1-3-4-18(22)21-13-10-16(11-14-21)19(23)20-12-9-15-5-7-17(24-2)8-6-15/h5-8,16H,3-4,9-14H2,1-2H3,(H,20,23). The van der Waals surface area contributed by atoms with Gasteiger partial charge in [-0.1, -0.05) is 19.1 Å². The van der Waals surface area contributed by atoms with Crippen molar-refractivity contribution < 1.29 is 14.3 Å². The predicted octanol–water partition coefficient (Wildman–Crippen LogP) is 2.39. The lowest BCUT2D eigenvalue weighted by Crippen LogP contribution is -2.43. The number of benzene rings is 1. The van der Waals surface area contributed by atoms with Crippen LogP contribution in [0.3, 0.4) is 0 Å². The number of hydrogen-bond donors (Lipinski definition) is 1. The lowest BCUT2D eigenvalue weighted by Gasteiger charge is -2.31. The number of likely N-dealkylation sites (tertiary alicyclic amines) is 1. The highest BCUT2D eigenvalue weighted by Gasteiger charge is 2.26. The molecule has 24 heavy (non-hydrogen) atoms. The Labute approximate surface area is 144 Å². The van der Waals surface area contributed by atoms with E-state index in [9.17, 15) is 9.59 Å². The normalized spacial score (nSPS) is 15.2. The number of ether oxygens (including phenoxy) is 1. The van der Waals surface area contributed by atoms with E-state index < -0.39 is 0 Å². The van der Waals surface area contributed by atoms with Crippen LogP contribution in [0.5, 0.6) is 5.75 Å². The summed E-state index contributed by atoms with van der Waals surface area (Å²) in [6.45, 7) is 4.06. The third kappa shape index (κ3) is 5.25. The van der Waals surface area contributed by atoms with Gasteiger partial charge in [0.05, 0.1) is 7.11 Å². The summed E-state index contributed by atoms with van der Waals surface area (Å²) >= 11 is 0. The number of carbonyl (C=O) groups is 2. The van der Waals surface area contributed by atoms with Crippen LogP contribution in [0.4, 0.5) is 0 Å². The first-order chi connectivity index (χ1) is 11.6. The van der Waals surface area contributed by atoms with E-state index in [0.29, 0.717) is 26.1 Å². The van der Waals surface area contributed by atoms with E-state index in [-0.39, 0.29) is 17.7 Å². The molecule has 2 rings (SSSR count). The molecule has 0 unspecified atom stereocenters. The van der Waals surface area contributed by atoms with Crippen LogP contribution in [0.2, 0.25) is 0 Å². The topological polar surface area (TPSA) is 58.6 Å². The van der Waals surface area contributed by atoms with E-state index in [1.165, 1.54) is 5.56 Å². The highest BCUT2D eigenvalue weighted by molar-refractivity contribution is 5.80. The van der Waals surface area contributed by atoms with Gasteiger partial charge in [0.25, 0.3) is 0 Å². The molecular weight excluding hydrogens is 304 g/mol. The summed E-state index contributed by atoms with van der Waals surface area (Å²) in [4.78, 5) is 26.0. The molecule has 1 aromatic rings. The summed E-state index contributed by atoms with van der Waals surface area (Å²) in [6.07, 6.45) is 3.83. The fourth-order valence-corrected chi connectivity index (χ4v) is 3.03. The zero-order valence-electron chi connectivity index (χ0n) is 14.7. The quantitative estimate of drug-likeness (QED) is 0.834. The number of rotatable bonds is 7. The molecule has 132 valence electrons. The number of methoxy groups -OCH3 is 1. The van der Waals surface area contributed by atoms with Crippen LogP contribution in [0.1, 0.15) is 38.2 Å². The molecule has 0 bridgehead atoms. The largest absolute Gasteiger partial charge is 0.497 e. The fraction of sp³-hybridized carbons (Fsp3) is 0.579. The van der Waals surface area contributed by atoms with Gasteiger partial charge in [0.1, 0.15) is 5.75 Å². The van der Waals surface area contributed by atoms with E-state index in [1.54, 1.807) is 7.11 Å². The molecule has 1 heterocycles. The van der Waals surface area contributed by atoms with Gasteiger partial charge >= 0.3 is 0 Å². The lowest BCUT2D eigenvalue weighted by atomic mass is 9.95. The summed E-state index contributed by atoms with van der Waals surface area (Å²) in [5.74, 6) is 1.21. The minimum atomic E-state index is 0.0338. The highest BCUT2D eigenvalue weighted by Crippen LogP contribution is 2.18. The molecular formula is C19H28N2O3. The van der Waals surface area contributed by atoms with Crippen LogP contribution in [0.25, 0.3) is 0 Å². The van der Waals surface area contributed by atoms with Gasteiger partial charge < -0.3 is 15.0 Å². The maximum Gasteiger partial charge on any atom is 0.223 e. The van der Waals surface area contributed by atoms with E-state index >= 15 is 0 Å². The van der Waals surface area contributed by atoms with Crippen molar-refractivity contribution in [1.82, 2.24) is 10.2 Å².